The smallest absolute Gasteiger partial charge is 0.342 e. The molecule has 0 aromatic heterocycles. The van der Waals surface area contributed by atoms with E-state index in [0.29, 0.717) is 11.4 Å². The third-order valence-electron chi connectivity index (χ3n) is 2.56. The Labute approximate surface area is 112 Å². The molecule has 6 nitrogen and oxygen atoms in total. The molecule has 0 amide bonds. The lowest BCUT2D eigenvalue weighted by molar-refractivity contribution is -0.385. The summed E-state index contributed by atoms with van der Waals surface area (Å²) in [6.45, 7) is 0. The fraction of sp³-hybridized carbons (Fsp3) is 0. The number of aromatic carboxylic acids is 1. The molecule has 2 aromatic carbocycles. The van der Waals surface area contributed by atoms with Crippen molar-refractivity contribution in [3.05, 3.63) is 64.0 Å². The normalized spacial score (nSPS) is 10.1. The van der Waals surface area contributed by atoms with Gasteiger partial charge in [0.2, 0.25) is 0 Å². The number of nitro benzene ring substituents is 1. The summed E-state index contributed by atoms with van der Waals surface area (Å²) in [5, 5.41) is 22.5. The molecule has 0 unspecified atom stereocenters. The van der Waals surface area contributed by atoms with Gasteiger partial charge in [-0.1, -0.05) is 0 Å². The number of nitrogens with zero attached hydrogens (tertiary/aromatic N) is 1. The van der Waals surface area contributed by atoms with Crippen LogP contribution in [0.2, 0.25) is 0 Å². The number of hydrogen-bond acceptors (Lipinski definition) is 4. The zero-order chi connectivity index (χ0) is 14.7. The highest BCUT2D eigenvalue weighted by Gasteiger charge is 2.19. The lowest BCUT2D eigenvalue weighted by atomic mass is 10.1. The van der Waals surface area contributed by atoms with Gasteiger partial charge in [0.1, 0.15) is 11.4 Å². The molecule has 7 heteroatoms. The van der Waals surface area contributed by atoms with E-state index in [1.54, 1.807) is 0 Å². The Morgan fingerprint density at radius 1 is 1.15 bits per heavy atom. The van der Waals surface area contributed by atoms with Crippen LogP contribution in [0.15, 0.2) is 42.5 Å². The van der Waals surface area contributed by atoms with Crippen LogP contribution in [0.3, 0.4) is 0 Å². The number of anilines is 2. The van der Waals surface area contributed by atoms with E-state index >= 15 is 0 Å². The van der Waals surface area contributed by atoms with Gasteiger partial charge in [-0.05, 0) is 36.4 Å². The summed E-state index contributed by atoms with van der Waals surface area (Å²) < 4.78 is 12.8. The quantitative estimate of drug-likeness (QED) is 0.660. The molecule has 0 saturated carbocycles. The molecule has 0 aliphatic heterocycles. The maximum Gasteiger partial charge on any atom is 0.342 e. The first kappa shape index (κ1) is 13.5. The monoisotopic (exact) mass is 276 g/mol. The first-order valence-corrected chi connectivity index (χ1v) is 5.51. The van der Waals surface area contributed by atoms with Crippen LogP contribution in [0.25, 0.3) is 0 Å². The summed E-state index contributed by atoms with van der Waals surface area (Å²) in [6, 6.07) is 9.07. The van der Waals surface area contributed by atoms with Crippen LogP contribution in [-0.2, 0) is 0 Å². The zero-order valence-corrected chi connectivity index (χ0v) is 10.0. The van der Waals surface area contributed by atoms with Crippen LogP contribution < -0.4 is 5.32 Å². The van der Waals surface area contributed by atoms with Crippen LogP contribution in [0.4, 0.5) is 21.5 Å². The molecule has 0 bridgehead atoms. The molecule has 0 fully saturated rings. The van der Waals surface area contributed by atoms with Crippen molar-refractivity contribution in [2.24, 2.45) is 0 Å². The van der Waals surface area contributed by atoms with E-state index in [4.69, 9.17) is 5.11 Å². The highest BCUT2D eigenvalue weighted by molar-refractivity contribution is 5.93. The number of carboxylic acid groups (broad SMARTS) is 1. The predicted molar refractivity (Wildman–Crippen MR) is 69.7 cm³/mol. The second-order valence-electron chi connectivity index (χ2n) is 3.93. The average molecular weight is 276 g/mol. The molecule has 0 spiro atoms. The van der Waals surface area contributed by atoms with E-state index in [1.165, 1.54) is 30.3 Å². The Morgan fingerprint density at radius 3 is 2.30 bits per heavy atom. The fourth-order valence-corrected chi connectivity index (χ4v) is 1.64. The number of nitro groups is 1. The van der Waals surface area contributed by atoms with Crippen molar-refractivity contribution in [1.29, 1.82) is 0 Å². The van der Waals surface area contributed by atoms with E-state index in [1.807, 2.05) is 0 Å². The summed E-state index contributed by atoms with van der Waals surface area (Å²) in [4.78, 5) is 20.9. The standard InChI is InChI=1S/C13H9FN2O4/c14-8-1-3-9(4-2-8)15-10-5-6-12(16(19)20)11(7-10)13(17)18/h1-7,15H,(H,17,18). The molecule has 0 saturated heterocycles. The highest BCUT2D eigenvalue weighted by Crippen LogP contribution is 2.25. The van der Waals surface area contributed by atoms with Gasteiger partial charge in [-0.3, -0.25) is 10.1 Å². The SMILES string of the molecule is O=C(O)c1cc(Nc2ccc(F)cc2)ccc1[N+](=O)[O-]. The fourth-order valence-electron chi connectivity index (χ4n) is 1.64. The molecule has 0 aliphatic carbocycles. The summed E-state index contributed by atoms with van der Waals surface area (Å²) in [5.74, 6) is -1.79. The molecule has 0 atom stereocenters. The second kappa shape index (κ2) is 5.35. The van der Waals surface area contributed by atoms with Crippen LogP contribution in [-0.4, -0.2) is 16.0 Å². The minimum absolute atomic E-state index is 0.361. The van der Waals surface area contributed by atoms with Crippen molar-refractivity contribution in [2.45, 2.75) is 0 Å². The first-order chi connectivity index (χ1) is 9.47. The molecule has 0 aliphatic rings. The molecule has 20 heavy (non-hydrogen) atoms. The third kappa shape index (κ3) is 2.89. The first-order valence-electron chi connectivity index (χ1n) is 5.51. The third-order valence-corrected chi connectivity index (χ3v) is 2.56. The number of carbonyl (C=O) groups is 1. The summed E-state index contributed by atoms with van der Waals surface area (Å²) >= 11 is 0. The van der Waals surface area contributed by atoms with Crippen molar-refractivity contribution in [3.8, 4) is 0 Å². The number of hydrogen-bond donors (Lipinski definition) is 2. The average Bonchev–Trinajstić information content (AvgIpc) is 2.41. The molecule has 2 aromatic rings. The van der Waals surface area contributed by atoms with Gasteiger partial charge in [0.05, 0.1) is 4.92 Å². The summed E-state index contributed by atoms with van der Waals surface area (Å²) in [7, 11) is 0. The lowest BCUT2D eigenvalue weighted by Crippen LogP contribution is -2.03. The number of carboxylic acids is 1. The number of nitrogens with one attached hydrogen (secondary N) is 1. The van der Waals surface area contributed by atoms with Crippen molar-refractivity contribution in [1.82, 2.24) is 0 Å². The van der Waals surface area contributed by atoms with Gasteiger partial charge in [-0.25, -0.2) is 9.18 Å². The maximum atomic E-state index is 12.8. The predicted octanol–water partition coefficient (Wildman–Crippen LogP) is 3.18. The van der Waals surface area contributed by atoms with Gasteiger partial charge in [0.25, 0.3) is 5.69 Å². The molecule has 2 rings (SSSR count). The van der Waals surface area contributed by atoms with Gasteiger partial charge >= 0.3 is 5.97 Å². The van der Waals surface area contributed by atoms with Crippen molar-refractivity contribution >= 4 is 23.0 Å². The summed E-state index contributed by atoms with van der Waals surface area (Å²) in [6.07, 6.45) is 0. The lowest BCUT2D eigenvalue weighted by Gasteiger charge is -2.07. The Kier molecular flexibility index (Phi) is 3.60. The van der Waals surface area contributed by atoms with Gasteiger partial charge in [-0.15, -0.1) is 0 Å². The number of benzene rings is 2. The molecular weight excluding hydrogens is 267 g/mol. The van der Waals surface area contributed by atoms with Crippen molar-refractivity contribution < 1.29 is 19.2 Å². The van der Waals surface area contributed by atoms with E-state index in [9.17, 15) is 19.3 Å². The van der Waals surface area contributed by atoms with Gasteiger partial charge in [0.15, 0.2) is 0 Å². The number of rotatable bonds is 4. The largest absolute Gasteiger partial charge is 0.477 e. The second-order valence-corrected chi connectivity index (χ2v) is 3.93. The van der Waals surface area contributed by atoms with Crippen molar-refractivity contribution in [3.63, 3.8) is 0 Å². The van der Waals surface area contributed by atoms with Crippen LogP contribution in [0, 0.1) is 15.9 Å². The minimum atomic E-state index is -1.39. The Balaban J connectivity index is 2.34. The van der Waals surface area contributed by atoms with Gasteiger partial charge < -0.3 is 10.4 Å². The van der Waals surface area contributed by atoms with Crippen LogP contribution in [0.5, 0.6) is 0 Å². The number of halogens is 1. The molecule has 0 radical (unpaired) electrons. The molecule has 0 heterocycles. The van der Waals surface area contributed by atoms with Gasteiger partial charge in [-0.2, -0.15) is 0 Å². The minimum Gasteiger partial charge on any atom is -0.477 e. The highest BCUT2D eigenvalue weighted by atomic mass is 19.1. The van der Waals surface area contributed by atoms with E-state index in [0.717, 1.165) is 12.1 Å². The Bertz CT molecular complexity index is 671. The maximum absolute atomic E-state index is 12.8. The Hall–Kier alpha value is -2.96. The Morgan fingerprint density at radius 2 is 1.75 bits per heavy atom. The van der Waals surface area contributed by atoms with E-state index in [-0.39, 0.29) is 0 Å². The molecular formula is C13H9FN2O4. The zero-order valence-electron chi connectivity index (χ0n) is 10.0. The summed E-state index contributed by atoms with van der Waals surface area (Å²) in [5.41, 5.74) is 0.000433. The van der Waals surface area contributed by atoms with E-state index in [2.05, 4.69) is 5.32 Å². The van der Waals surface area contributed by atoms with Crippen LogP contribution in [0.1, 0.15) is 10.4 Å². The van der Waals surface area contributed by atoms with Gasteiger partial charge in [0, 0.05) is 17.4 Å². The van der Waals surface area contributed by atoms with E-state index < -0.39 is 28.0 Å². The topological polar surface area (TPSA) is 92.5 Å². The molecule has 2 N–H and O–H groups in total. The van der Waals surface area contributed by atoms with Crippen LogP contribution >= 0.6 is 0 Å². The van der Waals surface area contributed by atoms with Crippen molar-refractivity contribution in [2.75, 3.05) is 5.32 Å². The molecule has 102 valence electrons.